The van der Waals surface area contributed by atoms with Crippen LogP contribution < -0.4 is 0 Å². The SMILES string of the molecule is CC(C)(C)OC(=O)N1CCC(Cn2cnc([C@@](O)(Cc3ccccc3)C3CCCCC3)n2)CC1. The summed E-state index contributed by atoms with van der Waals surface area (Å²) in [5.41, 5.74) is -0.408. The molecule has 0 spiro atoms. The molecule has 2 heterocycles. The minimum absolute atomic E-state index is 0.175. The Hall–Kier alpha value is -2.41. The second kappa shape index (κ2) is 10.5. The van der Waals surface area contributed by atoms with E-state index in [-0.39, 0.29) is 12.0 Å². The van der Waals surface area contributed by atoms with Crippen molar-refractivity contribution in [2.75, 3.05) is 13.1 Å². The topological polar surface area (TPSA) is 80.5 Å². The molecule has 0 bridgehead atoms. The van der Waals surface area contributed by atoms with Crippen LogP contribution in [0.25, 0.3) is 0 Å². The van der Waals surface area contributed by atoms with Crippen LogP contribution >= 0.6 is 0 Å². The Morgan fingerprint density at radius 2 is 1.74 bits per heavy atom. The fourth-order valence-corrected chi connectivity index (χ4v) is 5.36. The second-order valence-corrected chi connectivity index (χ2v) is 11.1. The third-order valence-electron chi connectivity index (χ3n) is 7.23. The van der Waals surface area contributed by atoms with Crippen LogP contribution in [0.3, 0.4) is 0 Å². The Balaban J connectivity index is 1.41. The van der Waals surface area contributed by atoms with Crippen molar-refractivity contribution in [1.29, 1.82) is 0 Å². The van der Waals surface area contributed by atoms with Crippen molar-refractivity contribution in [2.45, 2.75) is 89.9 Å². The quantitative estimate of drug-likeness (QED) is 0.650. The molecule has 34 heavy (non-hydrogen) atoms. The molecule has 1 atom stereocenters. The molecule has 4 rings (SSSR count). The van der Waals surface area contributed by atoms with E-state index >= 15 is 0 Å². The minimum Gasteiger partial charge on any atom is -0.444 e. The van der Waals surface area contributed by atoms with Gasteiger partial charge in [0.2, 0.25) is 0 Å². The van der Waals surface area contributed by atoms with E-state index in [1.165, 1.54) is 6.42 Å². The Morgan fingerprint density at radius 3 is 2.38 bits per heavy atom. The number of hydrogen-bond acceptors (Lipinski definition) is 5. The third kappa shape index (κ3) is 6.17. The number of rotatable bonds is 6. The Morgan fingerprint density at radius 1 is 1.06 bits per heavy atom. The van der Waals surface area contributed by atoms with E-state index in [1.807, 2.05) is 43.7 Å². The van der Waals surface area contributed by atoms with Gasteiger partial charge in [0.25, 0.3) is 0 Å². The largest absolute Gasteiger partial charge is 0.444 e. The number of carbonyl (C=O) groups is 1. The Bertz CT molecular complexity index is 925. The monoisotopic (exact) mass is 468 g/mol. The lowest BCUT2D eigenvalue weighted by molar-refractivity contribution is -0.0463. The molecule has 7 nitrogen and oxygen atoms in total. The first-order chi connectivity index (χ1) is 16.2. The van der Waals surface area contributed by atoms with Crippen LogP contribution in [0.1, 0.15) is 77.1 Å². The minimum atomic E-state index is -1.05. The lowest BCUT2D eigenvalue weighted by Gasteiger charge is -2.36. The van der Waals surface area contributed by atoms with Gasteiger partial charge in [-0.2, -0.15) is 5.10 Å². The molecule has 2 fully saturated rings. The van der Waals surface area contributed by atoms with Crippen LogP contribution in [0, 0.1) is 11.8 Å². The van der Waals surface area contributed by atoms with Gasteiger partial charge >= 0.3 is 6.09 Å². The highest BCUT2D eigenvalue weighted by Crippen LogP contribution is 2.40. The summed E-state index contributed by atoms with van der Waals surface area (Å²) in [6.07, 6.45) is 9.47. The zero-order valence-corrected chi connectivity index (χ0v) is 20.9. The molecule has 0 radical (unpaired) electrons. The van der Waals surface area contributed by atoms with Crippen molar-refractivity contribution < 1.29 is 14.6 Å². The standard InChI is InChI=1S/C27H40N4O3/c1-26(2,3)34-25(32)30-16-14-22(15-17-30)19-31-20-28-24(29-31)27(33,23-12-8-5-9-13-23)18-21-10-6-4-7-11-21/h4,6-7,10-11,20,22-23,33H,5,8-9,12-19H2,1-3H3/t27-/m1/s1. The van der Waals surface area contributed by atoms with Gasteiger partial charge in [-0.25, -0.2) is 9.78 Å². The lowest BCUT2D eigenvalue weighted by Crippen LogP contribution is -2.42. The molecular formula is C27H40N4O3. The van der Waals surface area contributed by atoms with Crippen molar-refractivity contribution in [1.82, 2.24) is 19.7 Å². The van der Waals surface area contributed by atoms with Crippen molar-refractivity contribution in [3.05, 3.63) is 48.0 Å². The number of benzene rings is 1. The molecule has 1 aromatic carbocycles. The molecule has 1 aliphatic carbocycles. The van der Waals surface area contributed by atoms with Gasteiger partial charge < -0.3 is 14.7 Å². The number of likely N-dealkylation sites (tertiary alicyclic amines) is 1. The smallest absolute Gasteiger partial charge is 0.410 e. The number of aliphatic hydroxyl groups is 1. The number of ether oxygens (including phenoxy) is 1. The molecule has 186 valence electrons. The molecule has 1 saturated heterocycles. The first kappa shape index (κ1) is 24.7. The molecule has 2 aliphatic rings. The van der Waals surface area contributed by atoms with Crippen LogP contribution in [0.2, 0.25) is 0 Å². The molecule has 1 aromatic heterocycles. The summed E-state index contributed by atoms with van der Waals surface area (Å²) in [5.74, 6) is 1.15. The van der Waals surface area contributed by atoms with Crippen LogP contribution in [0.15, 0.2) is 36.7 Å². The Labute approximate surface area is 203 Å². The van der Waals surface area contributed by atoms with Gasteiger partial charge in [0.05, 0.1) is 0 Å². The van der Waals surface area contributed by atoms with Gasteiger partial charge in [0.1, 0.15) is 17.5 Å². The highest BCUT2D eigenvalue weighted by atomic mass is 16.6. The predicted octanol–water partition coefficient (Wildman–Crippen LogP) is 4.94. The summed E-state index contributed by atoms with van der Waals surface area (Å²) in [5, 5.41) is 16.8. The lowest BCUT2D eigenvalue weighted by atomic mass is 9.73. The van der Waals surface area contributed by atoms with E-state index in [2.05, 4.69) is 17.1 Å². The summed E-state index contributed by atoms with van der Waals surface area (Å²) < 4.78 is 7.40. The fraction of sp³-hybridized carbons (Fsp3) is 0.667. The summed E-state index contributed by atoms with van der Waals surface area (Å²) in [4.78, 5) is 18.8. The van der Waals surface area contributed by atoms with Gasteiger partial charge in [-0.3, -0.25) is 4.68 Å². The van der Waals surface area contributed by atoms with Crippen molar-refractivity contribution in [3.63, 3.8) is 0 Å². The zero-order chi connectivity index (χ0) is 24.2. The molecule has 1 amide bonds. The number of hydrogen-bond donors (Lipinski definition) is 1. The van der Waals surface area contributed by atoms with Crippen LogP contribution in [-0.2, 0) is 23.3 Å². The van der Waals surface area contributed by atoms with E-state index in [4.69, 9.17) is 9.84 Å². The van der Waals surface area contributed by atoms with Crippen LogP contribution in [0.4, 0.5) is 4.79 Å². The maximum atomic E-state index is 12.3. The summed E-state index contributed by atoms with van der Waals surface area (Å²) in [7, 11) is 0. The maximum absolute atomic E-state index is 12.3. The maximum Gasteiger partial charge on any atom is 0.410 e. The normalized spacial score (nSPS) is 20.2. The van der Waals surface area contributed by atoms with Crippen molar-refractivity contribution in [3.8, 4) is 0 Å². The zero-order valence-electron chi connectivity index (χ0n) is 20.9. The van der Waals surface area contributed by atoms with Crippen molar-refractivity contribution >= 4 is 6.09 Å². The van der Waals surface area contributed by atoms with E-state index in [1.54, 1.807) is 11.2 Å². The molecule has 1 aliphatic heterocycles. The number of amides is 1. The second-order valence-electron chi connectivity index (χ2n) is 11.1. The van der Waals surface area contributed by atoms with E-state index in [0.717, 1.165) is 50.6 Å². The molecule has 1 N–H and O–H groups in total. The molecule has 7 heteroatoms. The van der Waals surface area contributed by atoms with E-state index in [9.17, 15) is 9.90 Å². The first-order valence-corrected chi connectivity index (χ1v) is 12.9. The molecular weight excluding hydrogens is 428 g/mol. The third-order valence-corrected chi connectivity index (χ3v) is 7.23. The summed E-state index contributed by atoms with van der Waals surface area (Å²) in [6.45, 7) is 7.83. The average Bonchev–Trinajstić information content (AvgIpc) is 3.29. The summed E-state index contributed by atoms with van der Waals surface area (Å²) >= 11 is 0. The average molecular weight is 469 g/mol. The predicted molar refractivity (Wildman–Crippen MR) is 131 cm³/mol. The van der Waals surface area contributed by atoms with Crippen molar-refractivity contribution in [2.24, 2.45) is 11.8 Å². The number of aromatic nitrogens is 3. The van der Waals surface area contributed by atoms with Crippen LogP contribution in [-0.4, -0.2) is 49.6 Å². The number of nitrogens with zero attached hydrogens (tertiary/aromatic N) is 4. The highest BCUT2D eigenvalue weighted by Gasteiger charge is 2.42. The fourth-order valence-electron chi connectivity index (χ4n) is 5.36. The highest BCUT2D eigenvalue weighted by molar-refractivity contribution is 5.68. The molecule has 1 saturated carbocycles. The molecule has 2 aromatic rings. The van der Waals surface area contributed by atoms with Crippen LogP contribution in [0.5, 0.6) is 0 Å². The Kier molecular flexibility index (Phi) is 7.60. The first-order valence-electron chi connectivity index (χ1n) is 12.9. The molecule has 0 unspecified atom stereocenters. The summed E-state index contributed by atoms with van der Waals surface area (Å²) in [6, 6.07) is 10.2. The van der Waals surface area contributed by atoms with E-state index < -0.39 is 11.2 Å². The van der Waals surface area contributed by atoms with Gasteiger partial charge in [-0.15, -0.1) is 0 Å². The van der Waals surface area contributed by atoms with Gasteiger partial charge in [0.15, 0.2) is 5.82 Å². The number of piperidine rings is 1. The van der Waals surface area contributed by atoms with Gasteiger partial charge in [-0.05, 0) is 63.9 Å². The van der Waals surface area contributed by atoms with E-state index in [0.29, 0.717) is 31.3 Å². The number of carbonyl (C=O) groups excluding carboxylic acids is 1. The van der Waals surface area contributed by atoms with Gasteiger partial charge in [-0.1, -0.05) is 49.6 Å². The van der Waals surface area contributed by atoms with Gasteiger partial charge in [0, 0.05) is 26.1 Å².